The molecule has 0 aliphatic rings. The normalized spacial score (nSPS) is 19.4. The van der Waals surface area contributed by atoms with Crippen molar-refractivity contribution in [3.63, 3.8) is 0 Å². The van der Waals surface area contributed by atoms with Gasteiger partial charge in [0.15, 0.2) is 5.78 Å². The zero-order valence-corrected chi connectivity index (χ0v) is 38.7. The van der Waals surface area contributed by atoms with Gasteiger partial charge >= 0.3 is 0 Å². The first-order chi connectivity index (χ1) is 24.9. The third-order valence-electron chi connectivity index (χ3n) is 9.26. The molecular formula is C45H85NO10. The van der Waals surface area contributed by atoms with Crippen LogP contribution in [0.25, 0.3) is 0 Å². The molecule has 0 saturated heterocycles. The molecule has 0 rings (SSSR count). The highest BCUT2D eigenvalue weighted by molar-refractivity contribution is 6.05. The predicted molar refractivity (Wildman–Crippen MR) is 226 cm³/mol. The topological polar surface area (TPSA) is 169 Å². The molecule has 4 unspecified atom stereocenters. The van der Waals surface area contributed by atoms with Gasteiger partial charge in [-0.2, -0.15) is 0 Å². The Morgan fingerprint density at radius 1 is 0.661 bits per heavy atom. The molecule has 0 aliphatic carbocycles. The molecule has 11 nitrogen and oxygen atoms in total. The summed E-state index contributed by atoms with van der Waals surface area (Å²) in [6, 6.07) is -0.781. The highest BCUT2D eigenvalue weighted by atomic mass is 16.5. The molecule has 0 fully saturated rings. The molecule has 0 aromatic carbocycles. The molecule has 0 saturated carbocycles. The quantitative estimate of drug-likeness (QED) is 0.0630. The zero-order valence-electron chi connectivity index (χ0n) is 38.7. The third-order valence-corrected chi connectivity index (χ3v) is 9.26. The second-order valence-corrected chi connectivity index (χ2v) is 21.6. The van der Waals surface area contributed by atoms with Gasteiger partial charge in [0.2, 0.25) is 0 Å². The van der Waals surface area contributed by atoms with Crippen molar-refractivity contribution in [3.8, 4) is 0 Å². The maximum Gasteiger partial charge on any atom is 0.183 e. The van der Waals surface area contributed by atoms with Crippen LogP contribution in [-0.2, 0) is 19.0 Å². The van der Waals surface area contributed by atoms with E-state index in [0.717, 1.165) is 0 Å². The highest BCUT2D eigenvalue weighted by Crippen LogP contribution is 2.42. The lowest BCUT2D eigenvalue weighted by molar-refractivity contribution is -0.173. The van der Waals surface area contributed by atoms with E-state index < -0.39 is 108 Å². The summed E-state index contributed by atoms with van der Waals surface area (Å²) in [5.41, 5.74) is -3.19. The predicted octanol–water partition coefficient (Wildman–Crippen LogP) is 6.02. The Morgan fingerprint density at radius 3 is 1.43 bits per heavy atom. The van der Waals surface area contributed by atoms with Crippen LogP contribution >= 0.6 is 0 Å². The number of rotatable bonds is 20. The maximum absolute atomic E-state index is 14.6. The lowest BCUT2D eigenvalue weighted by Crippen LogP contribution is -2.60. The number of allylic oxidation sites excluding steroid dienone is 2. The van der Waals surface area contributed by atoms with Crippen LogP contribution in [0.1, 0.15) is 132 Å². The molecule has 0 heterocycles. The summed E-state index contributed by atoms with van der Waals surface area (Å²) in [6.45, 7) is 39.5. The number of hydrogen-bond acceptors (Lipinski definition) is 11. The SMILES string of the molecule is C=C(CN(C(/C=C(/C(=O)/C=C/C(C)(C)C)[C@H](OC(C)(C)C)[C@H](O)CO)C([C@@H](OC(C)(C)C)[C@@H](O)CO)C(C)(C)C)C(C)(C)C)C(C)[C@H](OC(C)(C)C)C(O)CO. The van der Waals surface area contributed by atoms with Gasteiger partial charge in [-0.15, -0.1) is 0 Å². The molecule has 0 aliphatic heterocycles. The number of hydrogen-bond donors (Lipinski definition) is 6. The molecular weight excluding hydrogens is 714 g/mol. The van der Waals surface area contributed by atoms with Gasteiger partial charge in [-0.3, -0.25) is 9.69 Å². The lowest BCUT2D eigenvalue weighted by Gasteiger charge is -2.52. The molecule has 11 heteroatoms. The van der Waals surface area contributed by atoms with Crippen LogP contribution in [0.4, 0.5) is 0 Å². The van der Waals surface area contributed by atoms with Crippen molar-refractivity contribution in [2.24, 2.45) is 22.7 Å². The van der Waals surface area contributed by atoms with Gasteiger partial charge in [-0.05, 0) is 100.0 Å². The van der Waals surface area contributed by atoms with Crippen molar-refractivity contribution >= 4 is 5.78 Å². The van der Waals surface area contributed by atoms with Crippen molar-refractivity contribution in [1.29, 1.82) is 0 Å². The van der Waals surface area contributed by atoms with Crippen LogP contribution in [0.3, 0.4) is 0 Å². The maximum atomic E-state index is 14.6. The van der Waals surface area contributed by atoms with Crippen LogP contribution in [0.2, 0.25) is 0 Å². The van der Waals surface area contributed by atoms with Crippen LogP contribution in [0.5, 0.6) is 0 Å². The molecule has 0 radical (unpaired) electrons. The molecule has 0 aromatic rings. The van der Waals surface area contributed by atoms with Crippen LogP contribution in [-0.4, -0.2) is 133 Å². The van der Waals surface area contributed by atoms with Gasteiger partial charge in [-0.25, -0.2) is 0 Å². The standard InChI is InChI=1S/C45H85NO10/c1-28(29(2)37(33(51)25-47)54-43(12,13)14)24-46(42(9,10)11)31(36(41(6,7)8)39(35(53)27-49)56-45(18,19)20)23-30(32(50)21-22-40(3,4)5)38(34(52)26-48)55-44(15,16)17/h21-23,29,31,33-39,47-49,51-53H,1,24-27H2,2-20H3/b22-21+,30-23-/t29?,31?,33?,34-,35+,36?,37+,38+,39+/m1/s1. The first-order valence-electron chi connectivity index (χ1n) is 20.2. The molecule has 0 aromatic heterocycles. The van der Waals surface area contributed by atoms with Crippen molar-refractivity contribution in [2.75, 3.05) is 26.4 Å². The molecule has 6 N–H and O–H groups in total. The minimum Gasteiger partial charge on any atom is -0.394 e. The number of carbonyl (C=O) groups is 1. The summed E-state index contributed by atoms with van der Waals surface area (Å²) in [5.74, 6) is -1.54. The average molecular weight is 800 g/mol. The van der Waals surface area contributed by atoms with E-state index in [-0.39, 0.29) is 17.5 Å². The van der Waals surface area contributed by atoms with E-state index in [1.165, 1.54) is 6.08 Å². The van der Waals surface area contributed by atoms with E-state index in [9.17, 15) is 35.4 Å². The van der Waals surface area contributed by atoms with E-state index in [4.69, 9.17) is 14.2 Å². The molecule has 0 amide bonds. The summed E-state index contributed by atoms with van der Waals surface area (Å²) >= 11 is 0. The minimum absolute atomic E-state index is 0.103. The number of ether oxygens (including phenoxy) is 3. The Morgan fingerprint density at radius 2 is 1.07 bits per heavy atom. The van der Waals surface area contributed by atoms with Gasteiger partial charge in [0, 0.05) is 35.5 Å². The second kappa shape index (κ2) is 21.1. The second-order valence-electron chi connectivity index (χ2n) is 21.6. The van der Waals surface area contributed by atoms with Gasteiger partial charge in [0.1, 0.15) is 24.4 Å². The highest BCUT2D eigenvalue weighted by Gasteiger charge is 2.48. The number of nitrogens with zero attached hydrogens (tertiary/aromatic N) is 1. The van der Waals surface area contributed by atoms with E-state index in [1.54, 1.807) is 32.9 Å². The van der Waals surface area contributed by atoms with Crippen LogP contribution in [0.15, 0.2) is 36.0 Å². The fourth-order valence-corrected chi connectivity index (χ4v) is 6.65. The fourth-order valence-electron chi connectivity index (χ4n) is 6.65. The molecule has 9 atom stereocenters. The molecule has 0 bridgehead atoms. The Bertz CT molecular complexity index is 1270. The number of ketones is 1. The van der Waals surface area contributed by atoms with Gasteiger partial charge < -0.3 is 44.8 Å². The van der Waals surface area contributed by atoms with E-state index in [1.807, 2.05) is 111 Å². The van der Waals surface area contributed by atoms with Gasteiger partial charge in [-0.1, -0.05) is 72.8 Å². The van der Waals surface area contributed by atoms with Crippen LogP contribution < -0.4 is 0 Å². The molecule has 56 heavy (non-hydrogen) atoms. The number of carbonyl (C=O) groups excluding carboxylic acids is 1. The average Bonchev–Trinajstić information content (AvgIpc) is 3.00. The smallest absolute Gasteiger partial charge is 0.183 e. The Kier molecular flexibility index (Phi) is 20.6. The van der Waals surface area contributed by atoms with Crippen molar-refractivity contribution in [1.82, 2.24) is 4.90 Å². The van der Waals surface area contributed by atoms with E-state index >= 15 is 0 Å². The largest absolute Gasteiger partial charge is 0.394 e. The van der Waals surface area contributed by atoms with Crippen molar-refractivity contribution in [2.45, 2.75) is 197 Å². The monoisotopic (exact) mass is 800 g/mol. The fraction of sp³-hybridized carbons (Fsp3) is 0.844. The van der Waals surface area contributed by atoms with Crippen LogP contribution in [0, 0.1) is 22.7 Å². The summed E-state index contributed by atoms with van der Waals surface area (Å²) < 4.78 is 19.4. The summed E-state index contributed by atoms with van der Waals surface area (Å²) in [7, 11) is 0. The van der Waals surface area contributed by atoms with Gasteiger partial charge in [0.05, 0.1) is 48.8 Å². The zero-order chi connectivity index (χ0) is 44.6. The first-order valence-corrected chi connectivity index (χ1v) is 20.2. The Hall–Kier alpha value is -1.51. The minimum atomic E-state index is -1.47. The molecule has 330 valence electrons. The van der Waals surface area contributed by atoms with Crippen molar-refractivity contribution < 1.29 is 49.6 Å². The Balaban J connectivity index is 8.67. The Labute approximate surface area is 341 Å². The number of aliphatic hydroxyl groups excluding tert-OH is 6. The summed E-state index contributed by atoms with van der Waals surface area (Å²) in [5, 5.41) is 64.9. The van der Waals surface area contributed by atoms with Gasteiger partial charge in [0.25, 0.3) is 0 Å². The summed E-state index contributed by atoms with van der Waals surface area (Å²) in [6.07, 6.45) is -2.01. The third kappa shape index (κ3) is 19.0. The van der Waals surface area contributed by atoms with E-state index in [2.05, 4.69) is 11.5 Å². The lowest BCUT2D eigenvalue weighted by atomic mass is 9.69. The number of aliphatic hydroxyl groups is 6. The molecule has 0 spiro atoms. The summed E-state index contributed by atoms with van der Waals surface area (Å²) in [4.78, 5) is 16.8. The van der Waals surface area contributed by atoms with E-state index in [0.29, 0.717) is 5.57 Å². The van der Waals surface area contributed by atoms with Crippen molar-refractivity contribution in [3.05, 3.63) is 36.0 Å². The first kappa shape index (κ1) is 54.5.